The van der Waals surface area contributed by atoms with E-state index in [1.165, 1.54) is 0 Å². The van der Waals surface area contributed by atoms with Crippen LogP contribution in [0.3, 0.4) is 0 Å². The number of carbonyl (C=O) groups excluding carboxylic acids is 1. The minimum Gasteiger partial charge on any atom is -0.336 e. The van der Waals surface area contributed by atoms with Gasteiger partial charge in [-0.05, 0) is 46.2 Å². The molecule has 1 saturated heterocycles. The number of nitrogens with zero attached hydrogens (tertiary/aromatic N) is 2. The summed E-state index contributed by atoms with van der Waals surface area (Å²) in [6.07, 6.45) is 0. The van der Waals surface area contributed by atoms with Gasteiger partial charge in [-0.2, -0.15) is 0 Å². The Morgan fingerprint density at radius 2 is 1.33 bits per heavy atom. The van der Waals surface area contributed by atoms with Gasteiger partial charge in [0.05, 0.1) is 17.0 Å². The largest absolute Gasteiger partial charge is 0.336 e. The number of piperazine rings is 1. The average Bonchev–Trinajstić information content (AvgIpc) is 3.23. The van der Waals surface area contributed by atoms with E-state index in [1.807, 2.05) is 59.5 Å². The zero-order valence-electron chi connectivity index (χ0n) is 19.7. The van der Waals surface area contributed by atoms with Gasteiger partial charge in [0.1, 0.15) is 0 Å². The maximum absolute atomic E-state index is 13.4. The van der Waals surface area contributed by atoms with E-state index in [1.54, 1.807) is 24.3 Å². The summed E-state index contributed by atoms with van der Waals surface area (Å²) in [7, 11) is -3.73. The molecule has 182 valence electrons. The molecule has 0 bridgehead atoms. The Bertz CT molecular complexity index is 1510. The Kier molecular flexibility index (Phi) is 5.84. The minimum atomic E-state index is -3.73. The van der Waals surface area contributed by atoms with Crippen LogP contribution >= 0.6 is 0 Å². The van der Waals surface area contributed by atoms with Gasteiger partial charge in [-0.3, -0.25) is 9.69 Å². The molecule has 1 fully saturated rings. The maximum Gasteiger partial charge on any atom is 0.253 e. The molecular formula is C29H27N3O3S. The normalized spacial score (nSPS) is 20.1. The van der Waals surface area contributed by atoms with Crippen LogP contribution in [0.25, 0.3) is 10.8 Å². The predicted octanol–water partition coefficient (Wildman–Crippen LogP) is 4.37. The first kappa shape index (κ1) is 22.9. The number of hydrogen-bond acceptors (Lipinski definition) is 4. The smallest absolute Gasteiger partial charge is 0.253 e. The fourth-order valence-electron chi connectivity index (χ4n) is 5.59. The van der Waals surface area contributed by atoms with E-state index < -0.39 is 16.1 Å². The second-order valence-electron chi connectivity index (χ2n) is 9.34. The second-order valence-corrected chi connectivity index (χ2v) is 11.1. The van der Waals surface area contributed by atoms with Gasteiger partial charge in [0.15, 0.2) is 0 Å². The summed E-state index contributed by atoms with van der Waals surface area (Å²) in [5.41, 5.74) is 2.82. The quantitative estimate of drug-likeness (QED) is 0.445. The highest BCUT2D eigenvalue weighted by Crippen LogP contribution is 2.47. The SMILES string of the molecule is O=C(c1ccccc1)N1CCN([C@@H]2c3cccc4cccc(c34)[C@H]2NS(=O)(=O)c2ccccc2)CC1. The lowest BCUT2D eigenvalue weighted by Gasteiger charge is -2.40. The van der Waals surface area contributed by atoms with Crippen molar-refractivity contribution >= 4 is 26.7 Å². The molecule has 0 spiro atoms. The number of amides is 1. The van der Waals surface area contributed by atoms with E-state index in [4.69, 9.17) is 0 Å². The Morgan fingerprint density at radius 3 is 2.00 bits per heavy atom. The first-order valence-corrected chi connectivity index (χ1v) is 13.7. The molecule has 1 amide bonds. The van der Waals surface area contributed by atoms with Crippen LogP contribution in [-0.4, -0.2) is 50.3 Å². The molecule has 4 aromatic carbocycles. The van der Waals surface area contributed by atoms with Crippen molar-refractivity contribution in [2.45, 2.75) is 17.0 Å². The summed E-state index contributed by atoms with van der Waals surface area (Å²) >= 11 is 0. The number of nitrogens with one attached hydrogen (secondary N) is 1. The number of rotatable bonds is 5. The van der Waals surface area contributed by atoms with Gasteiger partial charge in [-0.1, -0.05) is 72.8 Å². The lowest BCUT2D eigenvalue weighted by atomic mass is 10.0. The van der Waals surface area contributed by atoms with Crippen LogP contribution in [0.4, 0.5) is 0 Å². The Morgan fingerprint density at radius 1 is 0.722 bits per heavy atom. The number of benzene rings is 4. The van der Waals surface area contributed by atoms with Crippen molar-refractivity contribution in [3.05, 3.63) is 114 Å². The van der Waals surface area contributed by atoms with Gasteiger partial charge < -0.3 is 4.90 Å². The van der Waals surface area contributed by atoms with Gasteiger partial charge >= 0.3 is 0 Å². The van der Waals surface area contributed by atoms with Crippen molar-refractivity contribution in [2.24, 2.45) is 0 Å². The van der Waals surface area contributed by atoms with Crippen molar-refractivity contribution in [1.29, 1.82) is 0 Å². The molecule has 0 saturated carbocycles. The van der Waals surface area contributed by atoms with Crippen molar-refractivity contribution in [3.63, 3.8) is 0 Å². The third kappa shape index (κ3) is 3.99. The molecule has 36 heavy (non-hydrogen) atoms. The van der Waals surface area contributed by atoms with E-state index >= 15 is 0 Å². The summed E-state index contributed by atoms with van der Waals surface area (Å²) in [6.45, 7) is 2.51. The standard InChI is InChI=1S/C29H27N3O3S/c33-29(22-9-3-1-4-10-22)32-19-17-31(18-20-32)28-25-16-8-12-21-11-7-15-24(26(21)25)27(28)30-36(34,35)23-13-5-2-6-14-23/h1-16,27-28,30H,17-20H2/t27-,28-/m1/s1. The number of sulfonamides is 1. The highest BCUT2D eigenvalue weighted by Gasteiger charge is 2.41. The Balaban J connectivity index is 1.31. The summed E-state index contributed by atoms with van der Waals surface area (Å²) in [4.78, 5) is 17.4. The molecule has 1 heterocycles. The van der Waals surface area contributed by atoms with E-state index in [0.29, 0.717) is 31.7 Å². The molecule has 0 aromatic heterocycles. The molecular weight excluding hydrogens is 470 g/mol. The zero-order valence-corrected chi connectivity index (χ0v) is 20.6. The molecule has 1 aliphatic carbocycles. The van der Waals surface area contributed by atoms with Crippen LogP contribution in [0, 0.1) is 0 Å². The number of hydrogen-bond donors (Lipinski definition) is 1. The van der Waals surface area contributed by atoms with E-state index in [0.717, 1.165) is 21.9 Å². The maximum atomic E-state index is 13.4. The van der Waals surface area contributed by atoms with Crippen LogP contribution in [0.5, 0.6) is 0 Å². The molecule has 4 aromatic rings. The van der Waals surface area contributed by atoms with Crippen LogP contribution in [0.2, 0.25) is 0 Å². The van der Waals surface area contributed by atoms with Gasteiger partial charge in [-0.25, -0.2) is 13.1 Å². The van der Waals surface area contributed by atoms with Gasteiger partial charge in [0, 0.05) is 31.7 Å². The third-order valence-corrected chi connectivity index (χ3v) is 8.75. The minimum absolute atomic E-state index is 0.0355. The predicted molar refractivity (Wildman–Crippen MR) is 140 cm³/mol. The fraction of sp³-hybridized carbons (Fsp3) is 0.207. The van der Waals surface area contributed by atoms with Crippen LogP contribution < -0.4 is 4.72 Å². The molecule has 2 atom stereocenters. The molecule has 7 heteroatoms. The summed E-state index contributed by atoms with van der Waals surface area (Å²) in [5.74, 6) is 0.0355. The lowest BCUT2D eigenvalue weighted by Crippen LogP contribution is -2.51. The highest BCUT2D eigenvalue weighted by atomic mass is 32.2. The highest BCUT2D eigenvalue weighted by molar-refractivity contribution is 7.89. The van der Waals surface area contributed by atoms with Gasteiger partial charge in [0.25, 0.3) is 5.91 Å². The van der Waals surface area contributed by atoms with Crippen LogP contribution in [0.15, 0.2) is 102 Å². The molecule has 0 radical (unpaired) electrons. The summed E-state index contributed by atoms with van der Waals surface area (Å²) < 4.78 is 29.8. The van der Waals surface area contributed by atoms with Gasteiger partial charge in [-0.15, -0.1) is 0 Å². The molecule has 2 aliphatic rings. The van der Waals surface area contributed by atoms with E-state index in [-0.39, 0.29) is 16.8 Å². The molecule has 6 nitrogen and oxygen atoms in total. The second kappa shape index (κ2) is 9.17. The first-order valence-electron chi connectivity index (χ1n) is 12.2. The monoisotopic (exact) mass is 497 g/mol. The summed E-state index contributed by atoms with van der Waals surface area (Å²) in [6, 6.07) is 29.6. The van der Waals surface area contributed by atoms with E-state index in [2.05, 4.69) is 27.8 Å². The third-order valence-electron chi connectivity index (χ3n) is 7.29. The fourth-order valence-corrected chi connectivity index (χ4v) is 6.83. The zero-order chi connectivity index (χ0) is 24.7. The van der Waals surface area contributed by atoms with E-state index in [9.17, 15) is 13.2 Å². The first-order chi connectivity index (χ1) is 17.5. The molecule has 0 unspecified atom stereocenters. The van der Waals surface area contributed by atoms with Crippen molar-refractivity contribution in [1.82, 2.24) is 14.5 Å². The van der Waals surface area contributed by atoms with Crippen LogP contribution in [-0.2, 0) is 10.0 Å². The molecule has 1 N–H and O–H groups in total. The van der Waals surface area contributed by atoms with Crippen molar-refractivity contribution < 1.29 is 13.2 Å². The Labute approximate surface area is 211 Å². The van der Waals surface area contributed by atoms with Crippen molar-refractivity contribution in [2.75, 3.05) is 26.2 Å². The average molecular weight is 498 g/mol. The van der Waals surface area contributed by atoms with Gasteiger partial charge in [0.2, 0.25) is 10.0 Å². The summed E-state index contributed by atoms with van der Waals surface area (Å²) in [5, 5.41) is 2.22. The molecule has 1 aliphatic heterocycles. The topological polar surface area (TPSA) is 69.7 Å². The van der Waals surface area contributed by atoms with Crippen molar-refractivity contribution in [3.8, 4) is 0 Å². The molecule has 6 rings (SSSR count). The number of carbonyl (C=O) groups is 1. The van der Waals surface area contributed by atoms with Crippen LogP contribution in [0.1, 0.15) is 33.6 Å². The lowest BCUT2D eigenvalue weighted by molar-refractivity contribution is 0.0539. The Hall–Kier alpha value is -3.52.